The van der Waals surface area contributed by atoms with Crippen molar-refractivity contribution < 1.29 is 19.5 Å². The summed E-state index contributed by atoms with van der Waals surface area (Å²) in [5.74, 6) is -1.41. The van der Waals surface area contributed by atoms with Crippen molar-refractivity contribution in [2.24, 2.45) is 0 Å². The molecule has 3 amide bonds. The minimum absolute atomic E-state index is 0.0669. The first-order valence-corrected chi connectivity index (χ1v) is 5.92. The largest absolute Gasteiger partial charge is 0.478 e. The van der Waals surface area contributed by atoms with E-state index in [1.807, 2.05) is 0 Å². The molecule has 1 aliphatic heterocycles. The van der Waals surface area contributed by atoms with E-state index >= 15 is 0 Å². The second-order valence-electron chi connectivity index (χ2n) is 3.72. The van der Waals surface area contributed by atoms with Crippen molar-refractivity contribution in [1.82, 2.24) is 5.32 Å². The number of nitrogens with one attached hydrogen (secondary N) is 1. The third-order valence-corrected chi connectivity index (χ3v) is 3.24. The Morgan fingerprint density at radius 1 is 1.39 bits per heavy atom. The SMILES string of the molecule is O=C1CCN(c2ccc(Br)c(C(=O)O)c2)C(=O)N1. The van der Waals surface area contributed by atoms with Gasteiger partial charge >= 0.3 is 12.0 Å². The number of anilines is 1. The van der Waals surface area contributed by atoms with Crippen molar-refractivity contribution in [2.75, 3.05) is 11.4 Å². The normalized spacial score (nSPS) is 15.5. The minimum atomic E-state index is -1.09. The number of benzene rings is 1. The maximum absolute atomic E-state index is 11.6. The number of halogens is 1. The highest BCUT2D eigenvalue weighted by Crippen LogP contribution is 2.24. The zero-order valence-electron chi connectivity index (χ0n) is 9.14. The summed E-state index contributed by atoms with van der Waals surface area (Å²) < 4.78 is 0.437. The number of imide groups is 1. The van der Waals surface area contributed by atoms with Gasteiger partial charge in [0.15, 0.2) is 0 Å². The lowest BCUT2D eigenvalue weighted by molar-refractivity contribution is -0.120. The first-order valence-electron chi connectivity index (χ1n) is 5.13. The molecular formula is C11H9BrN2O4. The molecule has 1 fully saturated rings. The summed E-state index contributed by atoms with van der Waals surface area (Å²) in [5.41, 5.74) is 0.512. The molecule has 94 valence electrons. The summed E-state index contributed by atoms with van der Waals surface area (Å²) in [7, 11) is 0. The standard InChI is InChI=1S/C11H9BrN2O4/c12-8-2-1-6(5-7(8)10(16)17)14-4-3-9(15)13-11(14)18/h1-2,5H,3-4H2,(H,16,17)(H,13,15,18). The van der Waals surface area contributed by atoms with Crippen LogP contribution in [0.3, 0.4) is 0 Å². The van der Waals surface area contributed by atoms with E-state index in [2.05, 4.69) is 21.2 Å². The summed E-state index contributed by atoms with van der Waals surface area (Å²) in [6.07, 6.45) is 0.199. The molecule has 18 heavy (non-hydrogen) atoms. The Bertz CT molecular complexity index is 544. The number of aromatic carboxylic acids is 1. The van der Waals surface area contributed by atoms with Crippen LogP contribution in [0.5, 0.6) is 0 Å². The molecule has 2 N–H and O–H groups in total. The molecule has 1 heterocycles. The zero-order chi connectivity index (χ0) is 13.3. The first-order chi connectivity index (χ1) is 8.49. The van der Waals surface area contributed by atoms with Crippen LogP contribution < -0.4 is 10.2 Å². The molecule has 0 unspecified atom stereocenters. The van der Waals surface area contributed by atoms with Gasteiger partial charge in [-0.2, -0.15) is 0 Å². The number of carboxylic acid groups (broad SMARTS) is 1. The number of carbonyl (C=O) groups is 3. The van der Waals surface area contributed by atoms with Crippen LogP contribution in [-0.2, 0) is 4.79 Å². The molecule has 1 aromatic rings. The summed E-state index contributed by atoms with van der Waals surface area (Å²) in [5, 5.41) is 11.2. The number of nitrogens with zero attached hydrogens (tertiary/aromatic N) is 1. The highest BCUT2D eigenvalue weighted by molar-refractivity contribution is 9.10. The van der Waals surface area contributed by atoms with Gasteiger partial charge in [-0.15, -0.1) is 0 Å². The molecule has 1 aromatic carbocycles. The van der Waals surface area contributed by atoms with Gasteiger partial charge in [0.2, 0.25) is 5.91 Å². The fraction of sp³-hybridized carbons (Fsp3) is 0.182. The van der Waals surface area contributed by atoms with Gasteiger partial charge in [0.25, 0.3) is 0 Å². The van der Waals surface area contributed by atoms with E-state index in [-0.39, 0.29) is 24.4 Å². The predicted octanol–water partition coefficient (Wildman–Crippen LogP) is 1.59. The number of hydrogen-bond donors (Lipinski definition) is 2. The summed E-state index contributed by atoms with van der Waals surface area (Å²) in [6, 6.07) is 4.03. The van der Waals surface area contributed by atoms with Crippen LogP contribution in [0.15, 0.2) is 22.7 Å². The highest BCUT2D eigenvalue weighted by Gasteiger charge is 2.25. The lowest BCUT2D eigenvalue weighted by atomic mass is 10.1. The van der Waals surface area contributed by atoms with E-state index < -0.39 is 12.0 Å². The van der Waals surface area contributed by atoms with Crippen molar-refractivity contribution in [1.29, 1.82) is 0 Å². The summed E-state index contributed by atoms with van der Waals surface area (Å²) in [6.45, 7) is 0.241. The number of hydrogen-bond acceptors (Lipinski definition) is 3. The maximum Gasteiger partial charge on any atom is 0.336 e. The molecule has 0 spiro atoms. The van der Waals surface area contributed by atoms with Crippen molar-refractivity contribution in [3.8, 4) is 0 Å². The summed E-state index contributed by atoms with van der Waals surface area (Å²) in [4.78, 5) is 34.9. The minimum Gasteiger partial charge on any atom is -0.478 e. The van der Waals surface area contributed by atoms with E-state index in [0.717, 1.165) is 0 Å². The Labute approximate surface area is 111 Å². The van der Waals surface area contributed by atoms with E-state index in [1.54, 1.807) is 12.1 Å². The first kappa shape index (κ1) is 12.6. The third kappa shape index (κ3) is 2.35. The van der Waals surface area contributed by atoms with Crippen LogP contribution >= 0.6 is 15.9 Å². The van der Waals surface area contributed by atoms with Crippen molar-refractivity contribution >= 4 is 39.5 Å². The van der Waals surface area contributed by atoms with Crippen molar-refractivity contribution in [3.63, 3.8) is 0 Å². The van der Waals surface area contributed by atoms with Gasteiger partial charge in [-0.3, -0.25) is 15.0 Å². The van der Waals surface area contributed by atoms with Crippen LogP contribution in [0, 0.1) is 0 Å². The van der Waals surface area contributed by atoms with Crippen molar-refractivity contribution in [3.05, 3.63) is 28.2 Å². The van der Waals surface area contributed by atoms with E-state index in [1.165, 1.54) is 11.0 Å². The topological polar surface area (TPSA) is 86.7 Å². The van der Waals surface area contributed by atoms with Crippen molar-refractivity contribution in [2.45, 2.75) is 6.42 Å². The molecular weight excluding hydrogens is 304 g/mol. The van der Waals surface area contributed by atoms with Crippen LogP contribution in [0.2, 0.25) is 0 Å². The second-order valence-corrected chi connectivity index (χ2v) is 4.58. The number of rotatable bonds is 2. The molecule has 0 radical (unpaired) electrons. The number of urea groups is 1. The molecule has 0 atom stereocenters. The molecule has 0 aromatic heterocycles. The van der Waals surface area contributed by atoms with Gasteiger partial charge in [0.1, 0.15) is 0 Å². The fourth-order valence-electron chi connectivity index (χ4n) is 1.66. The van der Waals surface area contributed by atoms with Crippen LogP contribution in [-0.4, -0.2) is 29.6 Å². The average Bonchev–Trinajstić information content (AvgIpc) is 2.30. The quantitative estimate of drug-likeness (QED) is 0.868. The molecule has 6 nitrogen and oxygen atoms in total. The van der Waals surface area contributed by atoms with Gasteiger partial charge in [0.05, 0.1) is 5.56 Å². The second kappa shape index (κ2) is 4.77. The van der Waals surface area contributed by atoms with Gasteiger partial charge in [-0.05, 0) is 34.1 Å². The van der Waals surface area contributed by atoms with E-state index in [9.17, 15) is 14.4 Å². The average molecular weight is 313 g/mol. The molecule has 1 saturated heterocycles. The lowest BCUT2D eigenvalue weighted by Crippen LogP contribution is -2.49. The summed E-state index contributed by atoms with van der Waals surface area (Å²) >= 11 is 3.13. The monoisotopic (exact) mass is 312 g/mol. The molecule has 2 rings (SSSR count). The number of carboxylic acids is 1. The molecule has 0 saturated carbocycles. The maximum atomic E-state index is 11.6. The lowest BCUT2D eigenvalue weighted by Gasteiger charge is -2.26. The fourth-order valence-corrected chi connectivity index (χ4v) is 2.07. The smallest absolute Gasteiger partial charge is 0.336 e. The Hall–Kier alpha value is -1.89. The third-order valence-electron chi connectivity index (χ3n) is 2.55. The van der Waals surface area contributed by atoms with E-state index in [4.69, 9.17) is 5.11 Å². The highest BCUT2D eigenvalue weighted by atomic mass is 79.9. The van der Waals surface area contributed by atoms with Gasteiger partial charge in [-0.25, -0.2) is 9.59 Å². The number of carbonyl (C=O) groups excluding carboxylic acids is 2. The van der Waals surface area contributed by atoms with Gasteiger partial charge in [-0.1, -0.05) is 0 Å². The molecule has 7 heteroatoms. The Morgan fingerprint density at radius 3 is 2.72 bits per heavy atom. The Morgan fingerprint density at radius 2 is 2.11 bits per heavy atom. The molecule has 0 aliphatic carbocycles. The zero-order valence-corrected chi connectivity index (χ0v) is 10.7. The van der Waals surface area contributed by atoms with Gasteiger partial charge in [0, 0.05) is 23.1 Å². The van der Waals surface area contributed by atoms with Crippen LogP contribution in [0.1, 0.15) is 16.8 Å². The molecule has 1 aliphatic rings. The Balaban J connectivity index is 2.34. The van der Waals surface area contributed by atoms with E-state index in [0.29, 0.717) is 10.2 Å². The van der Waals surface area contributed by atoms with Gasteiger partial charge < -0.3 is 5.11 Å². The number of amides is 3. The van der Waals surface area contributed by atoms with Crippen LogP contribution in [0.25, 0.3) is 0 Å². The predicted molar refractivity (Wildman–Crippen MR) is 66.6 cm³/mol. The Kier molecular flexibility index (Phi) is 3.33. The molecule has 0 bridgehead atoms. The van der Waals surface area contributed by atoms with Crippen LogP contribution in [0.4, 0.5) is 10.5 Å².